The van der Waals surface area contributed by atoms with Crippen LogP contribution >= 0.6 is 11.8 Å². The first-order valence-electron chi connectivity index (χ1n) is 6.57. The van der Waals surface area contributed by atoms with Crippen LogP contribution in [-0.2, 0) is 6.54 Å². The molecule has 0 radical (unpaired) electrons. The first-order chi connectivity index (χ1) is 10.2. The molecule has 0 amide bonds. The summed E-state index contributed by atoms with van der Waals surface area (Å²) >= 11 is 1.71. The molecule has 108 valence electrons. The monoisotopic (exact) mass is 301 g/mol. The molecule has 0 aliphatic heterocycles. The molecule has 21 heavy (non-hydrogen) atoms. The lowest BCUT2D eigenvalue weighted by atomic mass is 10.3. The van der Waals surface area contributed by atoms with Gasteiger partial charge in [-0.1, -0.05) is 6.07 Å². The van der Waals surface area contributed by atoms with Gasteiger partial charge in [0.25, 0.3) is 0 Å². The van der Waals surface area contributed by atoms with Gasteiger partial charge in [-0.2, -0.15) is 0 Å². The zero-order valence-electron chi connectivity index (χ0n) is 11.3. The number of benzene rings is 1. The van der Waals surface area contributed by atoms with E-state index in [0.717, 1.165) is 29.3 Å². The predicted octanol–water partition coefficient (Wildman–Crippen LogP) is 2.30. The van der Waals surface area contributed by atoms with Crippen LogP contribution in [0.3, 0.4) is 0 Å². The minimum absolute atomic E-state index is 0.299. The largest absolute Gasteiger partial charge is 0.508 e. The van der Waals surface area contributed by atoms with Crippen LogP contribution in [0, 0.1) is 0 Å². The highest BCUT2D eigenvalue weighted by atomic mass is 32.2. The smallest absolute Gasteiger partial charge is 0.165 e. The third-order valence-electron chi connectivity index (χ3n) is 3.06. The van der Waals surface area contributed by atoms with E-state index in [2.05, 4.69) is 15.0 Å². The van der Waals surface area contributed by atoms with E-state index >= 15 is 0 Å². The molecule has 2 aromatic heterocycles. The molecule has 3 N–H and O–H groups in total. The number of nitrogens with two attached hydrogens (primary N) is 1. The third kappa shape index (κ3) is 3.08. The lowest BCUT2D eigenvalue weighted by Crippen LogP contribution is -2.00. The summed E-state index contributed by atoms with van der Waals surface area (Å²) in [7, 11) is 0. The first-order valence-corrected chi connectivity index (χ1v) is 7.56. The quantitative estimate of drug-likeness (QED) is 0.555. The van der Waals surface area contributed by atoms with E-state index in [4.69, 9.17) is 5.73 Å². The van der Waals surface area contributed by atoms with Crippen molar-refractivity contribution in [1.29, 1.82) is 0 Å². The van der Waals surface area contributed by atoms with Crippen LogP contribution in [0.15, 0.2) is 41.8 Å². The summed E-state index contributed by atoms with van der Waals surface area (Å²) in [6.45, 7) is 0.818. The minimum atomic E-state index is 0.299. The Morgan fingerprint density at radius 1 is 1.24 bits per heavy atom. The van der Waals surface area contributed by atoms with Crippen molar-refractivity contribution in [2.45, 2.75) is 17.9 Å². The van der Waals surface area contributed by atoms with Gasteiger partial charge in [-0.25, -0.2) is 15.0 Å². The number of aromatic hydroxyl groups is 1. The van der Waals surface area contributed by atoms with E-state index in [1.165, 1.54) is 6.33 Å². The van der Waals surface area contributed by atoms with Crippen molar-refractivity contribution in [2.24, 2.45) is 0 Å². The van der Waals surface area contributed by atoms with Gasteiger partial charge in [-0.15, -0.1) is 11.8 Å². The minimum Gasteiger partial charge on any atom is -0.508 e. The molecular weight excluding hydrogens is 286 g/mol. The predicted molar refractivity (Wildman–Crippen MR) is 83.2 cm³/mol. The van der Waals surface area contributed by atoms with Crippen molar-refractivity contribution < 1.29 is 5.11 Å². The summed E-state index contributed by atoms with van der Waals surface area (Å²) in [5.74, 6) is 1.66. The molecule has 0 unspecified atom stereocenters. The van der Waals surface area contributed by atoms with Crippen molar-refractivity contribution in [3.05, 3.63) is 36.9 Å². The lowest BCUT2D eigenvalue weighted by Gasteiger charge is -2.04. The van der Waals surface area contributed by atoms with E-state index in [1.807, 2.05) is 16.7 Å². The Balaban J connectivity index is 1.59. The normalized spacial score (nSPS) is 11.0. The van der Waals surface area contributed by atoms with Crippen LogP contribution in [0.4, 0.5) is 5.82 Å². The Morgan fingerprint density at radius 2 is 2.14 bits per heavy atom. The Bertz CT molecular complexity index is 758. The van der Waals surface area contributed by atoms with Gasteiger partial charge in [0.1, 0.15) is 17.6 Å². The third-order valence-corrected chi connectivity index (χ3v) is 4.14. The van der Waals surface area contributed by atoms with Gasteiger partial charge < -0.3 is 15.4 Å². The average molecular weight is 301 g/mol. The van der Waals surface area contributed by atoms with E-state index in [9.17, 15) is 5.11 Å². The van der Waals surface area contributed by atoms with E-state index in [0.29, 0.717) is 17.1 Å². The Labute approximate surface area is 126 Å². The van der Waals surface area contributed by atoms with Crippen LogP contribution in [0.2, 0.25) is 0 Å². The number of phenolic OH excluding ortho intramolecular Hbond substituents is 1. The molecule has 0 saturated heterocycles. The zero-order chi connectivity index (χ0) is 14.7. The number of phenols is 1. The number of aryl methyl sites for hydroxylation is 1. The van der Waals surface area contributed by atoms with Crippen LogP contribution in [0.5, 0.6) is 5.75 Å². The van der Waals surface area contributed by atoms with E-state index < -0.39 is 0 Å². The molecule has 3 aromatic rings. The number of rotatable bonds is 5. The van der Waals surface area contributed by atoms with Crippen LogP contribution in [0.1, 0.15) is 6.42 Å². The van der Waals surface area contributed by atoms with Gasteiger partial charge >= 0.3 is 0 Å². The Morgan fingerprint density at radius 3 is 3.00 bits per heavy atom. The van der Waals surface area contributed by atoms with Crippen LogP contribution in [0.25, 0.3) is 11.2 Å². The van der Waals surface area contributed by atoms with Gasteiger partial charge in [0.2, 0.25) is 0 Å². The highest BCUT2D eigenvalue weighted by molar-refractivity contribution is 7.99. The maximum absolute atomic E-state index is 9.41. The summed E-state index contributed by atoms with van der Waals surface area (Å²) in [5.41, 5.74) is 7.18. The van der Waals surface area contributed by atoms with Crippen LogP contribution < -0.4 is 5.73 Å². The summed E-state index contributed by atoms with van der Waals surface area (Å²) in [6.07, 6.45) is 4.17. The van der Waals surface area contributed by atoms with E-state index in [-0.39, 0.29) is 0 Å². The number of hydrogen-bond acceptors (Lipinski definition) is 6. The average Bonchev–Trinajstić information content (AvgIpc) is 2.88. The van der Waals surface area contributed by atoms with Crippen molar-refractivity contribution in [1.82, 2.24) is 19.5 Å². The van der Waals surface area contributed by atoms with Crippen LogP contribution in [-0.4, -0.2) is 30.4 Å². The number of imidazole rings is 1. The van der Waals surface area contributed by atoms with Gasteiger partial charge in [-0.3, -0.25) is 0 Å². The van der Waals surface area contributed by atoms with Crippen molar-refractivity contribution >= 4 is 28.7 Å². The molecular formula is C14H15N5OS. The molecule has 7 heteroatoms. The molecule has 2 heterocycles. The molecule has 6 nitrogen and oxygen atoms in total. The molecule has 0 aliphatic rings. The molecule has 0 bridgehead atoms. The molecule has 3 rings (SSSR count). The number of hydrogen-bond donors (Lipinski definition) is 2. The second kappa shape index (κ2) is 6.01. The molecule has 0 aliphatic carbocycles. The van der Waals surface area contributed by atoms with Crippen molar-refractivity contribution in [3.63, 3.8) is 0 Å². The maximum Gasteiger partial charge on any atom is 0.165 e. The summed E-state index contributed by atoms with van der Waals surface area (Å²) in [5, 5.41) is 9.41. The fourth-order valence-electron chi connectivity index (χ4n) is 2.06. The topological polar surface area (TPSA) is 89.9 Å². The number of nitrogens with zero attached hydrogens (tertiary/aromatic N) is 4. The maximum atomic E-state index is 9.41. The summed E-state index contributed by atoms with van der Waals surface area (Å²) in [4.78, 5) is 13.5. The van der Waals surface area contributed by atoms with Crippen molar-refractivity contribution in [2.75, 3.05) is 11.5 Å². The van der Waals surface area contributed by atoms with Gasteiger partial charge in [0.05, 0.1) is 6.33 Å². The van der Waals surface area contributed by atoms with Gasteiger partial charge in [-0.05, 0) is 30.4 Å². The molecule has 1 aromatic carbocycles. The summed E-state index contributed by atoms with van der Waals surface area (Å²) < 4.78 is 1.98. The molecule has 0 spiro atoms. The second-order valence-corrected chi connectivity index (χ2v) is 5.74. The highest BCUT2D eigenvalue weighted by Gasteiger charge is 2.07. The standard InChI is InChI=1S/C14H15N5OS/c15-13-12-14(17-8-16-13)19(9-18-12)5-2-6-21-11-4-1-3-10(20)7-11/h1,3-4,7-9,20H,2,5-6H2,(H2,15,16,17). The second-order valence-electron chi connectivity index (χ2n) is 4.57. The van der Waals surface area contributed by atoms with Gasteiger partial charge in [0, 0.05) is 11.4 Å². The Kier molecular flexibility index (Phi) is 3.92. The van der Waals surface area contributed by atoms with E-state index in [1.54, 1.807) is 30.2 Å². The SMILES string of the molecule is Nc1ncnc2c1ncn2CCCSc1cccc(O)c1. The number of thioether (sulfide) groups is 1. The number of nitrogen functional groups attached to an aromatic ring is 1. The highest BCUT2D eigenvalue weighted by Crippen LogP contribution is 2.23. The lowest BCUT2D eigenvalue weighted by molar-refractivity contribution is 0.474. The molecule has 0 saturated carbocycles. The zero-order valence-corrected chi connectivity index (χ0v) is 12.1. The van der Waals surface area contributed by atoms with Crippen molar-refractivity contribution in [3.8, 4) is 5.75 Å². The number of anilines is 1. The van der Waals surface area contributed by atoms with Gasteiger partial charge in [0.15, 0.2) is 11.5 Å². The first kappa shape index (κ1) is 13.7. The Hall–Kier alpha value is -2.28. The molecule has 0 atom stereocenters. The fraction of sp³-hybridized carbons (Fsp3) is 0.214. The number of fused-ring (bicyclic) bond motifs is 1. The molecule has 0 fully saturated rings. The number of aromatic nitrogens is 4. The fourth-order valence-corrected chi connectivity index (χ4v) is 2.95. The summed E-state index contributed by atoms with van der Waals surface area (Å²) in [6, 6.07) is 7.28.